The van der Waals surface area contributed by atoms with Gasteiger partial charge in [0.2, 0.25) is 5.91 Å². The number of primary amides is 1. The van der Waals surface area contributed by atoms with Gasteiger partial charge in [-0.2, -0.15) is 5.10 Å². The number of amides is 2. The molecule has 0 bridgehead atoms. The molecule has 30 heavy (non-hydrogen) atoms. The average molecular weight is 432 g/mol. The van der Waals surface area contributed by atoms with E-state index < -0.39 is 23.7 Å². The number of benzene rings is 2. The highest BCUT2D eigenvalue weighted by Crippen LogP contribution is 2.27. The van der Waals surface area contributed by atoms with Gasteiger partial charge in [-0.3, -0.25) is 14.6 Å². The van der Waals surface area contributed by atoms with Crippen molar-refractivity contribution in [3.8, 4) is 0 Å². The van der Waals surface area contributed by atoms with Crippen LogP contribution in [-0.2, 0) is 9.59 Å². The predicted octanol–water partition coefficient (Wildman–Crippen LogP) is 2.32. The summed E-state index contributed by atoms with van der Waals surface area (Å²) in [6.07, 6.45) is 0.0667. The number of halogens is 2. The van der Waals surface area contributed by atoms with Gasteiger partial charge in [0, 0.05) is 18.0 Å². The van der Waals surface area contributed by atoms with Crippen molar-refractivity contribution in [2.24, 2.45) is 10.8 Å². The lowest BCUT2D eigenvalue weighted by Crippen LogP contribution is -2.40. The smallest absolute Gasteiger partial charge is 0.267 e. The lowest BCUT2D eigenvalue weighted by atomic mass is 10.1. The van der Waals surface area contributed by atoms with E-state index >= 15 is 0 Å². The second-order valence-electron chi connectivity index (χ2n) is 7.20. The SMILES string of the molecule is CN(C)[C@@H](CNC(=O)C1=NN(c2ccc(F)cc2)[C@H](C(N)=O)C1)c1ccccc1Cl. The lowest BCUT2D eigenvalue weighted by Gasteiger charge is -2.25. The van der Waals surface area contributed by atoms with Crippen molar-refractivity contribution in [3.05, 3.63) is 64.9 Å². The first-order valence-corrected chi connectivity index (χ1v) is 9.76. The van der Waals surface area contributed by atoms with Crippen LogP contribution < -0.4 is 16.1 Å². The summed E-state index contributed by atoms with van der Waals surface area (Å²) in [5.74, 6) is -1.43. The zero-order chi connectivity index (χ0) is 21.8. The molecule has 2 aromatic rings. The topological polar surface area (TPSA) is 91.0 Å². The standard InChI is InChI=1S/C21H23ClFN5O2/c1-27(2)19(15-5-3-4-6-16(15)22)12-25-21(30)17-11-18(20(24)29)28(26-17)14-9-7-13(23)8-10-14/h3-10,18-19H,11-12H2,1-2H3,(H2,24,29)(H,25,30)/t18-,19-/m0/s1. The van der Waals surface area contributed by atoms with E-state index in [2.05, 4.69) is 10.4 Å². The van der Waals surface area contributed by atoms with Crippen LogP contribution in [-0.4, -0.2) is 49.1 Å². The van der Waals surface area contributed by atoms with Crippen LogP contribution in [0.5, 0.6) is 0 Å². The fourth-order valence-corrected chi connectivity index (χ4v) is 3.57. The fraction of sp³-hybridized carbons (Fsp3) is 0.286. The number of hydrogen-bond acceptors (Lipinski definition) is 5. The Morgan fingerprint density at radius 3 is 2.53 bits per heavy atom. The van der Waals surface area contributed by atoms with Gasteiger partial charge in [-0.15, -0.1) is 0 Å². The average Bonchev–Trinajstić information content (AvgIpc) is 3.15. The molecule has 0 radical (unpaired) electrons. The quantitative estimate of drug-likeness (QED) is 0.703. The summed E-state index contributed by atoms with van der Waals surface area (Å²) in [5.41, 5.74) is 7.04. The van der Waals surface area contributed by atoms with Crippen molar-refractivity contribution in [1.82, 2.24) is 10.2 Å². The fourth-order valence-electron chi connectivity index (χ4n) is 3.31. The van der Waals surface area contributed by atoms with E-state index in [0.29, 0.717) is 17.3 Å². The Morgan fingerprint density at radius 1 is 1.27 bits per heavy atom. The lowest BCUT2D eigenvalue weighted by molar-refractivity contribution is -0.119. The number of hydrazone groups is 1. The molecule has 1 heterocycles. The van der Waals surface area contributed by atoms with Crippen LogP contribution in [0.2, 0.25) is 5.02 Å². The number of nitrogens with one attached hydrogen (secondary N) is 1. The van der Waals surface area contributed by atoms with Crippen LogP contribution in [0.1, 0.15) is 18.0 Å². The van der Waals surface area contributed by atoms with Crippen molar-refractivity contribution in [2.45, 2.75) is 18.5 Å². The van der Waals surface area contributed by atoms with Crippen LogP contribution >= 0.6 is 11.6 Å². The number of likely N-dealkylation sites (N-methyl/N-ethyl adjacent to an activating group) is 1. The van der Waals surface area contributed by atoms with Crippen LogP contribution in [0.15, 0.2) is 53.6 Å². The Hall–Kier alpha value is -2.97. The molecule has 0 unspecified atom stereocenters. The molecule has 2 amide bonds. The van der Waals surface area contributed by atoms with E-state index in [1.54, 1.807) is 6.07 Å². The molecule has 1 aliphatic heterocycles. The first kappa shape index (κ1) is 21.7. The van der Waals surface area contributed by atoms with Gasteiger partial charge in [-0.25, -0.2) is 4.39 Å². The van der Waals surface area contributed by atoms with Gasteiger partial charge in [0.05, 0.1) is 11.7 Å². The molecule has 0 spiro atoms. The van der Waals surface area contributed by atoms with E-state index in [4.69, 9.17) is 17.3 Å². The molecule has 3 rings (SSSR count). The van der Waals surface area contributed by atoms with E-state index in [1.807, 2.05) is 37.2 Å². The third kappa shape index (κ3) is 4.77. The molecule has 2 aromatic carbocycles. The Bertz CT molecular complexity index is 964. The number of anilines is 1. The summed E-state index contributed by atoms with van der Waals surface area (Å²) in [6, 6.07) is 12.0. The summed E-state index contributed by atoms with van der Waals surface area (Å²) in [6.45, 7) is 0.298. The Balaban J connectivity index is 1.75. The van der Waals surface area contributed by atoms with Gasteiger partial charge in [-0.05, 0) is 50.0 Å². The van der Waals surface area contributed by atoms with Gasteiger partial charge in [0.25, 0.3) is 5.91 Å². The molecule has 9 heteroatoms. The number of hydrogen-bond donors (Lipinski definition) is 2. The highest BCUT2D eigenvalue weighted by Gasteiger charge is 2.35. The van der Waals surface area contributed by atoms with Crippen molar-refractivity contribution in [2.75, 3.05) is 25.6 Å². The third-order valence-corrected chi connectivity index (χ3v) is 5.28. The maximum atomic E-state index is 13.2. The number of carbonyl (C=O) groups is 2. The molecule has 2 atom stereocenters. The predicted molar refractivity (Wildman–Crippen MR) is 115 cm³/mol. The minimum atomic E-state index is -0.815. The molecule has 0 saturated carbocycles. The monoisotopic (exact) mass is 431 g/mol. The third-order valence-electron chi connectivity index (χ3n) is 4.94. The van der Waals surface area contributed by atoms with Crippen molar-refractivity contribution < 1.29 is 14.0 Å². The molecular formula is C21H23ClFN5O2. The van der Waals surface area contributed by atoms with Crippen molar-refractivity contribution in [3.63, 3.8) is 0 Å². The van der Waals surface area contributed by atoms with Gasteiger partial charge >= 0.3 is 0 Å². The first-order chi connectivity index (χ1) is 14.3. The van der Waals surface area contributed by atoms with E-state index in [9.17, 15) is 14.0 Å². The largest absolute Gasteiger partial charge is 0.368 e. The van der Waals surface area contributed by atoms with Crippen LogP contribution in [0, 0.1) is 5.82 Å². The summed E-state index contributed by atoms with van der Waals surface area (Å²) in [4.78, 5) is 26.6. The number of carbonyl (C=O) groups excluding carboxylic acids is 2. The Kier molecular flexibility index (Phi) is 6.69. The maximum Gasteiger partial charge on any atom is 0.267 e. The molecule has 0 fully saturated rings. The van der Waals surface area contributed by atoms with Crippen LogP contribution in [0.25, 0.3) is 0 Å². The van der Waals surface area contributed by atoms with Gasteiger partial charge in [-0.1, -0.05) is 29.8 Å². The van der Waals surface area contributed by atoms with Crippen molar-refractivity contribution >= 4 is 34.8 Å². The first-order valence-electron chi connectivity index (χ1n) is 9.38. The molecule has 158 valence electrons. The van der Waals surface area contributed by atoms with Crippen LogP contribution in [0.4, 0.5) is 10.1 Å². The molecule has 0 aromatic heterocycles. The minimum Gasteiger partial charge on any atom is -0.368 e. The number of nitrogens with zero attached hydrogens (tertiary/aromatic N) is 3. The van der Waals surface area contributed by atoms with E-state index in [-0.39, 0.29) is 18.2 Å². The zero-order valence-corrected chi connectivity index (χ0v) is 17.4. The normalized spacial score (nSPS) is 17.0. The van der Waals surface area contributed by atoms with Gasteiger partial charge in [0.15, 0.2) is 0 Å². The maximum absolute atomic E-state index is 13.2. The summed E-state index contributed by atoms with van der Waals surface area (Å²) in [7, 11) is 3.79. The molecule has 3 N–H and O–H groups in total. The molecule has 1 aliphatic rings. The summed E-state index contributed by atoms with van der Waals surface area (Å²) < 4.78 is 13.2. The minimum absolute atomic E-state index is 0.0667. The number of rotatable bonds is 7. The molecule has 7 nitrogen and oxygen atoms in total. The second-order valence-corrected chi connectivity index (χ2v) is 7.61. The van der Waals surface area contributed by atoms with E-state index in [1.165, 1.54) is 29.3 Å². The van der Waals surface area contributed by atoms with Gasteiger partial charge in [0.1, 0.15) is 17.6 Å². The zero-order valence-electron chi connectivity index (χ0n) is 16.7. The molecule has 0 aliphatic carbocycles. The highest BCUT2D eigenvalue weighted by molar-refractivity contribution is 6.40. The number of nitrogens with two attached hydrogens (primary N) is 1. The molecule has 0 saturated heterocycles. The Morgan fingerprint density at radius 2 is 1.93 bits per heavy atom. The summed E-state index contributed by atoms with van der Waals surface area (Å²) in [5, 5.41) is 9.11. The highest BCUT2D eigenvalue weighted by atomic mass is 35.5. The van der Waals surface area contributed by atoms with Crippen LogP contribution in [0.3, 0.4) is 0 Å². The van der Waals surface area contributed by atoms with Gasteiger partial charge < -0.3 is 16.0 Å². The Labute approximate surface area is 179 Å². The van der Waals surface area contributed by atoms with Crippen molar-refractivity contribution in [1.29, 1.82) is 0 Å². The molecular weight excluding hydrogens is 409 g/mol. The second kappa shape index (κ2) is 9.23. The summed E-state index contributed by atoms with van der Waals surface area (Å²) >= 11 is 6.31. The van der Waals surface area contributed by atoms with E-state index in [0.717, 1.165) is 5.56 Å².